The number of ketones is 1. The van der Waals surface area contributed by atoms with Crippen LogP contribution in [0, 0.1) is 0 Å². The summed E-state index contributed by atoms with van der Waals surface area (Å²) < 4.78 is 2.03. The van der Waals surface area contributed by atoms with E-state index in [-0.39, 0.29) is 5.78 Å². The van der Waals surface area contributed by atoms with Crippen molar-refractivity contribution in [3.05, 3.63) is 35.9 Å². The average molecular weight is 262 g/mol. The maximum atomic E-state index is 12.0. The standard InChI is InChI=1S/C14H22N2OSi/c1-12(15-16(2)18(3,4)5)11-14(17)13-9-7-6-8-10-13/h6-10H,11H2,1-5H3/b15-12+. The molecule has 0 N–H and O–H groups in total. The Labute approximate surface area is 111 Å². The second kappa shape index (κ2) is 5.95. The lowest BCUT2D eigenvalue weighted by molar-refractivity contribution is 0.1000. The molecule has 3 nitrogen and oxygen atoms in total. The first-order valence-electron chi connectivity index (χ1n) is 6.17. The third-order valence-corrected chi connectivity index (χ3v) is 4.85. The minimum atomic E-state index is -1.42. The van der Waals surface area contributed by atoms with Crippen molar-refractivity contribution in [1.82, 2.24) is 4.67 Å². The molecule has 18 heavy (non-hydrogen) atoms. The zero-order chi connectivity index (χ0) is 13.8. The van der Waals surface area contributed by atoms with E-state index < -0.39 is 8.24 Å². The molecule has 0 unspecified atom stereocenters. The van der Waals surface area contributed by atoms with Gasteiger partial charge in [0.2, 0.25) is 0 Å². The van der Waals surface area contributed by atoms with Gasteiger partial charge in [-0.15, -0.1) is 0 Å². The first kappa shape index (κ1) is 14.6. The second-order valence-electron chi connectivity index (χ2n) is 5.50. The van der Waals surface area contributed by atoms with Crippen LogP contribution in [0.15, 0.2) is 35.4 Å². The maximum Gasteiger partial charge on any atom is 0.168 e. The lowest BCUT2D eigenvalue weighted by Gasteiger charge is -2.27. The Morgan fingerprint density at radius 2 is 1.78 bits per heavy atom. The van der Waals surface area contributed by atoms with E-state index in [2.05, 4.69) is 24.7 Å². The summed E-state index contributed by atoms with van der Waals surface area (Å²) in [5.41, 5.74) is 1.62. The van der Waals surface area contributed by atoms with E-state index >= 15 is 0 Å². The van der Waals surface area contributed by atoms with Gasteiger partial charge >= 0.3 is 0 Å². The van der Waals surface area contributed by atoms with E-state index in [0.717, 1.165) is 11.3 Å². The summed E-state index contributed by atoms with van der Waals surface area (Å²) in [6.45, 7) is 8.59. The Hall–Kier alpha value is -1.42. The lowest BCUT2D eigenvalue weighted by atomic mass is 10.1. The maximum absolute atomic E-state index is 12.0. The van der Waals surface area contributed by atoms with Crippen molar-refractivity contribution in [2.45, 2.75) is 33.0 Å². The second-order valence-corrected chi connectivity index (χ2v) is 10.5. The van der Waals surface area contributed by atoms with Gasteiger partial charge in [0.25, 0.3) is 0 Å². The van der Waals surface area contributed by atoms with Crippen molar-refractivity contribution in [2.24, 2.45) is 5.10 Å². The van der Waals surface area contributed by atoms with Gasteiger partial charge in [0.05, 0.1) is 6.42 Å². The molecule has 0 amide bonds. The van der Waals surface area contributed by atoms with Gasteiger partial charge in [-0.25, -0.2) is 0 Å². The summed E-state index contributed by atoms with van der Waals surface area (Å²) >= 11 is 0. The molecule has 0 aliphatic carbocycles. The fourth-order valence-electron chi connectivity index (χ4n) is 1.40. The highest BCUT2D eigenvalue weighted by molar-refractivity contribution is 6.73. The molecule has 4 heteroatoms. The Balaban J connectivity index is 2.68. The highest BCUT2D eigenvalue weighted by Gasteiger charge is 2.19. The van der Waals surface area contributed by atoms with Crippen LogP contribution >= 0.6 is 0 Å². The van der Waals surface area contributed by atoms with Crippen LogP contribution in [0.3, 0.4) is 0 Å². The van der Waals surface area contributed by atoms with Crippen molar-refractivity contribution < 1.29 is 4.79 Å². The molecular formula is C14H22N2OSi. The fourth-order valence-corrected chi connectivity index (χ4v) is 1.87. The number of hydrogen-bond acceptors (Lipinski definition) is 3. The normalized spacial score (nSPS) is 12.4. The van der Waals surface area contributed by atoms with Gasteiger partial charge in [0.1, 0.15) is 0 Å². The first-order chi connectivity index (χ1) is 8.30. The van der Waals surface area contributed by atoms with Crippen LogP contribution in [0.2, 0.25) is 19.6 Å². The summed E-state index contributed by atoms with van der Waals surface area (Å²) in [5.74, 6) is 0.126. The van der Waals surface area contributed by atoms with Gasteiger partial charge in [-0.05, 0) is 6.92 Å². The third-order valence-electron chi connectivity index (χ3n) is 2.80. The first-order valence-corrected chi connectivity index (χ1v) is 9.61. The minimum absolute atomic E-state index is 0.126. The molecule has 0 radical (unpaired) electrons. The number of benzene rings is 1. The predicted molar refractivity (Wildman–Crippen MR) is 79.6 cm³/mol. The number of carbonyl (C=O) groups excluding carboxylic acids is 1. The van der Waals surface area contributed by atoms with Crippen LogP contribution in [-0.4, -0.2) is 31.5 Å². The molecule has 0 aliphatic heterocycles. The fraction of sp³-hybridized carbons (Fsp3) is 0.429. The number of hydrazone groups is 1. The van der Waals surface area contributed by atoms with E-state index in [1.165, 1.54) is 0 Å². The molecule has 0 heterocycles. The van der Waals surface area contributed by atoms with E-state index in [9.17, 15) is 4.79 Å². The summed E-state index contributed by atoms with van der Waals surface area (Å²) in [7, 11) is 0.570. The summed E-state index contributed by atoms with van der Waals surface area (Å²) in [6, 6.07) is 9.37. The molecule has 0 bridgehead atoms. The monoisotopic (exact) mass is 262 g/mol. The van der Waals surface area contributed by atoms with Crippen molar-refractivity contribution in [2.75, 3.05) is 7.05 Å². The van der Waals surface area contributed by atoms with E-state index in [0.29, 0.717) is 6.42 Å². The van der Waals surface area contributed by atoms with Crippen molar-refractivity contribution in [3.8, 4) is 0 Å². The minimum Gasteiger partial charge on any atom is -0.328 e. The van der Waals surface area contributed by atoms with Gasteiger partial charge in [-0.3, -0.25) is 4.79 Å². The Morgan fingerprint density at radius 1 is 1.22 bits per heavy atom. The van der Waals surface area contributed by atoms with Crippen LogP contribution in [0.1, 0.15) is 23.7 Å². The molecule has 0 spiro atoms. The van der Waals surface area contributed by atoms with Gasteiger partial charge in [-0.2, -0.15) is 5.10 Å². The predicted octanol–water partition coefficient (Wildman–Crippen LogP) is 3.40. The number of hydrogen-bond donors (Lipinski definition) is 0. The molecule has 0 fully saturated rings. The van der Waals surface area contributed by atoms with Crippen LogP contribution in [-0.2, 0) is 0 Å². The van der Waals surface area contributed by atoms with Crippen molar-refractivity contribution in [3.63, 3.8) is 0 Å². The van der Waals surface area contributed by atoms with Crippen LogP contribution < -0.4 is 0 Å². The molecule has 0 aromatic heterocycles. The number of rotatable bonds is 5. The van der Waals surface area contributed by atoms with Crippen LogP contribution in [0.25, 0.3) is 0 Å². The van der Waals surface area contributed by atoms with E-state index in [4.69, 9.17) is 0 Å². The molecule has 0 saturated carbocycles. The topological polar surface area (TPSA) is 32.7 Å². The number of carbonyl (C=O) groups is 1. The Bertz CT molecular complexity index is 435. The summed E-state index contributed by atoms with van der Waals surface area (Å²) in [4.78, 5) is 12.0. The van der Waals surface area contributed by atoms with Crippen LogP contribution in [0.4, 0.5) is 0 Å². The Morgan fingerprint density at radius 3 is 2.28 bits per heavy atom. The number of Topliss-reactive ketones (excluding diaryl/α,β-unsaturated/α-hetero) is 1. The van der Waals surface area contributed by atoms with Gasteiger partial charge in [0, 0.05) is 18.3 Å². The smallest absolute Gasteiger partial charge is 0.168 e. The van der Waals surface area contributed by atoms with Crippen molar-refractivity contribution in [1.29, 1.82) is 0 Å². The quantitative estimate of drug-likeness (QED) is 0.352. The molecule has 0 saturated heterocycles. The average Bonchev–Trinajstić information content (AvgIpc) is 2.28. The largest absolute Gasteiger partial charge is 0.328 e. The highest BCUT2D eigenvalue weighted by Crippen LogP contribution is 2.09. The molecule has 98 valence electrons. The summed E-state index contributed by atoms with van der Waals surface area (Å²) in [5, 5.41) is 4.50. The van der Waals surface area contributed by atoms with Crippen LogP contribution in [0.5, 0.6) is 0 Å². The SMILES string of the molecule is C/C(CC(=O)c1ccccc1)=N\N(C)[Si](C)(C)C. The number of nitrogens with zero attached hydrogens (tertiary/aromatic N) is 2. The molecule has 0 aliphatic rings. The molecule has 1 rings (SSSR count). The third kappa shape index (κ3) is 4.45. The zero-order valence-corrected chi connectivity index (χ0v) is 12.9. The van der Waals surface area contributed by atoms with E-state index in [1.54, 1.807) is 0 Å². The Kier molecular flexibility index (Phi) is 4.84. The van der Waals surface area contributed by atoms with Gasteiger partial charge in [-0.1, -0.05) is 50.0 Å². The van der Waals surface area contributed by atoms with Crippen molar-refractivity contribution >= 4 is 19.7 Å². The zero-order valence-electron chi connectivity index (χ0n) is 11.9. The molecule has 1 aromatic rings. The summed E-state index contributed by atoms with van der Waals surface area (Å²) in [6.07, 6.45) is 0.388. The molecule has 0 atom stereocenters. The van der Waals surface area contributed by atoms with Gasteiger partial charge in [0.15, 0.2) is 14.0 Å². The molecular weight excluding hydrogens is 240 g/mol. The highest BCUT2D eigenvalue weighted by atomic mass is 28.3. The molecule has 1 aromatic carbocycles. The van der Waals surface area contributed by atoms with Gasteiger partial charge < -0.3 is 4.67 Å². The lowest BCUT2D eigenvalue weighted by Crippen LogP contribution is -2.39. The van der Waals surface area contributed by atoms with E-state index in [1.807, 2.05) is 49.0 Å².